The number of halogens is 3. The minimum Gasteiger partial charge on any atom is -0.475 e. The van der Waals surface area contributed by atoms with Gasteiger partial charge in [-0.2, -0.15) is 13.2 Å². The van der Waals surface area contributed by atoms with Gasteiger partial charge in [-0.15, -0.1) is 0 Å². The lowest BCUT2D eigenvalue weighted by molar-refractivity contribution is -0.192. The Kier molecular flexibility index (Phi) is 8.06. The second-order valence-corrected chi connectivity index (χ2v) is 5.37. The van der Waals surface area contributed by atoms with Gasteiger partial charge in [0.05, 0.1) is 17.6 Å². The maximum Gasteiger partial charge on any atom is 0.490 e. The van der Waals surface area contributed by atoms with Gasteiger partial charge in [-0.3, -0.25) is 14.7 Å². The van der Waals surface area contributed by atoms with Gasteiger partial charge in [0, 0.05) is 6.54 Å². The topological polar surface area (TPSA) is 82.5 Å². The zero-order chi connectivity index (χ0) is 18.9. The molecular weight excluding hydrogens is 339 g/mol. The van der Waals surface area contributed by atoms with E-state index >= 15 is 0 Å². The Balaban J connectivity index is 0.000000381. The Labute approximate surface area is 143 Å². The molecule has 1 aromatic heterocycles. The van der Waals surface area contributed by atoms with E-state index in [1.807, 2.05) is 12.1 Å². The van der Waals surface area contributed by atoms with Gasteiger partial charge in [-0.05, 0) is 44.1 Å². The van der Waals surface area contributed by atoms with Crippen LogP contribution in [0.5, 0.6) is 0 Å². The molecule has 1 aromatic rings. The summed E-state index contributed by atoms with van der Waals surface area (Å²) in [6, 6.07) is 3.85. The van der Waals surface area contributed by atoms with Gasteiger partial charge in [-0.25, -0.2) is 4.79 Å². The number of amides is 1. The van der Waals surface area contributed by atoms with Gasteiger partial charge < -0.3 is 10.4 Å². The highest BCUT2D eigenvalue weighted by Gasteiger charge is 2.38. The summed E-state index contributed by atoms with van der Waals surface area (Å²) >= 11 is 0. The van der Waals surface area contributed by atoms with Crippen molar-refractivity contribution in [3.05, 3.63) is 36.7 Å². The summed E-state index contributed by atoms with van der Waals surface area (Å²) in [5, 5.41) is 9.81. The fourth-order valence-corrected chi connectivity index (χ4v) is 2.13. The maximum atomic E-state index is 11.1. The molecule has 0 saturated carbocycles. The number of piperidine rings is 1. The Bertz CT molecular complexity index is 583. The number of anilines is 1. The third-order valence-electron chi connectivity index (χ3n) is 3.35. The number of pyridine rings is 1. The van der Waals surface area contributed by atoms with Crippen LogP contribution in [0.2, 0.25) is 0 Å². The molecule has 6 nitrogen and oxygen atoms in total. The minimum absolute atomic E-state index is 0.208. The van der Waals surface area contributed by atoms with Crippen LogP contribution in [0.3, 0.4) is 0 Å². The molecule has 1 amide bonds. The van der Waals surface area contributed by atoms with Crippen LogP contribution in [0, 0.1) is 0 Å². The van der Waals surface area contributed by atoms with E-state index in [0.29, 0.717) is 5.69 Å². The molecule has 1 aliphatic rings. The number of rotatable bonds is 4. The van der Waals surface area contributed by atoms with Crippen molar-refractivity contribution < 1.29 is 27.9 Å². The van der Waals surface area contributed by atoms with Crippen molar-refractivity contribution in [1.29, 1.82) is 0 Å². The molecule has 1 saturated heterocycles. The van der Waals surface area contributed by atoms with E-state index in [2.05, 4.69) is 21.8 Å². The largest absolute Gasteiger partial charge is 0.490 e. The summed E-state index contributed by atoms with van der Waals surface area (Å²) in [7, 11) is 0. The number of likely N-dealkylation sites (tertiary alicyclic amines) is 1. The average Bonchev–Trinajstić information content (AvgIpc) is 2.57. The number of nitrogens with zero attached hydrogens (tertiary/aromatic N) is 2. The molecule has 0 radical (unpaired) electrons. The number of carbonyl (C=O) groups is 2. The van der Waals surface area contributed by atoms with E-state index in [0.717, 1.165) is 25.3 Å². The minimum atomic E-state index is -5.08. The quantitative estimate of drug-likeness (QED) is 0.808. The van der Waals surface area contributed by atoms with Crippen LogP contribution in [0.25, 0.3) is 0 Å². The highest BCUT2D eigenvalue weighted by atomic mass is 19.4. The first-order valence-corrected chi connectivity index (χ1v) is 7.63. The van der Waals surface area contributed by atoms with Crippen molar-refractivity contribution in [2.75, 3.05) is 18.4 Å². The van der Waals surface area contributed by atoms with Crippen LogP contribution in [0.4, 0.5) is 18.9 Å². The Morgan fingerprint density at radius 1 is 1.28 bits per heavy atom. The van der Waals surface area contributed by atoms with Gasteiger partial charge in [0.1, 0.15) is 0 Å². The second-order valence-electron chi connectivity index (χ2n) is 5.37. The van der Waals surface area contributed by atoms with Crippen LogP contribution in [0.15, 0.2) is 31.0 Å². The molecule has 0 bridgehead atoms. The Morgan fingerprint density at radius 3 is 2.32 bits per heavy atom. The molecule has 0 unspecified atom stereocenters. The van der Waals surface area contributed by atoms with E-state index in [-0.39, 0.29) is 5.91 Å². The highest BCUT2D eigenvalue weighted by molar-refractivity contribution is 5.98. The number of alkyl halides is 3. The zero-order valence-corrected chi connectivity index (χ0v) is 13.6. The van der Waals surface area contributed by atoms with Crippen molar-refractivity contribution in [2.45, 2.75) is 32.0 Å². The molecule has 0 spiro atoms. The molecule has 2 N–H and O–H groups in total. The molecule has 0 aliphatic carbocycles. The van der Waals surface area contributed by atoms with E-state index < -0.39 is 12.1 Å². The summed E-state index contributed by atoms with van der Waals surface area (Å²) in [6.07, 6.45) is 1.78. The molecule has 2 rings (SSSR count). The summed E-state index contributed by atoms with van der Waals surface area (Å²) in [4.78, 5) is 26.8. The van der Waals surface area contributed by atoms with Crippen LogP contribution in [-0.2, 0) is 16.1 Å². The Morgan fingerprint density at radius 2 is 1.88 bits per heavy atom. The van der Waals surface area contributed by atoms with E-state index in [4.69, 9.17) is 9.90 Å². The number of aromatic nitrogens is 1. The molecule has 2 heterocycles. The fourth-order valence-electron chi connectivity index (χ4n) is 2.13. The van der Waals surface area contributed by atoms with Crippen LogP contribution in [-0.4, -0.2) is 46.1 Å². The monoisotopic (exact) mass is 359 g/mol. The standard InChI is InChI=1S/C14H19N3O.C2HF3O2/c1-2-14(18)16-12-6-7-13(15-10-12)11-17-8-4-3-5-9-17;3-2(4,5)1(6)7/h2,6-7,10H,1,3-5,8-9,11H2,(H,16,18);(H,6,7). The van der Waals surface area contributed by atoms with E-state index in [1.165, 1.54) is 25.3 Å². The molecule has 0 atom stereocenters. The normalized spacial score (nSPS) is 14.8. The van der Waals surface area contributed by atoms with Crippen molar-refractivity contribution in [2.24, 2.45) is 0 Å². The molecular formula is C16H20F3N3O3. The van der Waals surface area contributed by atoms with Crippen LogP contribution < -0.4 is 5.32 Å². The van der Waals surface area contributed by atoms with Crippen LogP contribution >= 0.6 is 0 Å². The van der Waals surface area contributed by atoms with Gasteiger partial charge in [0.25, 0.3) is 0 Å². The highest BCUT2D eigenvalue weighted by Crippen LogP contribution is 2.14. The number of nitrogens with one attached hydrogen (secondary N) is 1. The SMILES string of the molecule is C=CC(=O)Nc1ccc(CN2CCCCC2)nc1.O=C(O)C(F)(F)F. The number of carboxylic acid groups (broad SMARTS) is 1. The molecule has 138 valence electrons. The predicted molar refractivity (Wildman–Crippen MR) is 85.9 cm³/mol. The molecule has 1 aliphatic heterocycles. The van der Waals surface area contributed by atoms with Gasteiger partial charge in [0.2, 0.25) is 5.91 Å². The van der Waals surface area contributed by atoms with Gasteiger partial charge in [0.15, 0.2) is 0 Å². The first-order valence-electron chi connectivity index (χ1n) is 7.63. The van der Waals surface area contributed by atoms with Crippen LogP contribution in [0.1, 0.15) is 25.0 Å². The smallest absolute Gasteiger partial charge is 0.475 e. The predicted octanol–water partition coefficient (Wildman–Crippen LogP) is 2.83. The molecule has 25 heavy (non-hydrogen) atoms. The van der Waals surface area contributed by atoms with Crippen molar-refractivity contribution in [3.63, 3.8) is 0 Å². The summed E-state index contributed by atoms with van der Waals surface area (Å²) in [5.74, 6) is -2.96. The number of carboxylic acids is 1. The molecule has 9 heteroatoms. The van der Waals surface area contributed by atoms with E-state index in [9.17, 15) is 18.0 Å². The lowest BCUT2D eigenvalue weighted by Crippen LogP contribution is -2.29. The molecule has 1 fully saturated rings. The van der Waals surface area contributed by atoms with Crippen molar-refractivity contribution >= 4 is 17.6 Å². The van der Waals surface area contributed by atoms with Crippen molar-refractivity contribution in [1.82, 2.24) is 9.88 Å². The molecule has 0 aromatic carbocycles. The first kappa shape index (κ1) is 20.6. The second kappa shape index (κ2) is 9.77. The first-order chi connectivity index (χ1) is 11.7. The fraction of sp³-hybridized carbons (Fsp3) is 0.438. The Hall–Kier alpha value is -2.42. The summed E-state index contributed by atoms with van der Waals surface area (Å²) < 4.78 is 31.7. The summed E-state index contributed by atoms with van der Waals surface area (Å²) in [5.41, 5.74) is 1.76. The number of hydrogen-bond acceptors (Lipinski definition) is 4. The van der Waals surface area contributed by atoms with Crippen molar-refractivity contribution in [3.8, 4) is 0 Å². The average molecular weight is 359 g/mol. The zero-order valence-electron chi connectivity index (χ0n) is 13.6. The van der Waals surface area contributed by atoms with Gasteiger partial charge in [-0.1, -0.05) is 13.0 Å². The third kappa shape index (κ3) is 8.30. The lowest BCUT2D eigenvalue weighted by atomic mass is 10.1. The maximum absolute atomic E-state index is 11.1. The number of carbonyl (C=O) groups excluding carboxylic acids is 1. The summed E-state index contributed by atoms with van der Waals surface area (Å²) in [6.45, 7) is 6.64. The lowest BCUT2D eigenvalue weighted by Gasteiger charge is -2.25. The third-order valence-corrected chi connectivity index (χ3v) is 3.35. The number of hydrogen-bond donors (Lipinski definition) is 2. The number of aliphatic carboxylic acids is 1. The van der Waals surface area contributed by atoms with E-state index in [1.54, 1.807) is 6.20 Å². The van der Waals surface area contributed by atoms with Gasteiger partial charge >= 0.3 is 12.1 Å².